The summed E-state index contributed by atoms with van der Waals surface area (Å²) in [5, 5.41) is 8.38. The molecule has 2 nitrogen and oxygen atoms in total. The van der Waals surface area contributed by atoms with Gasteiger partial charge in [-0.3, -0.25) is 4.79 Å². The molecule has 0 fully saturated rings. The third kappa shape index (κ3) is 2.63. The lowest BCUT2D eigenvalue weighted by molar-refractivity contribution is -0.119. The second-order valence-corrected chi connectivity index (χ2v) is 4.02. The molecule has 0 bridgehead atoms. The summed E-state index contributed by atoms with van der Waals surface area (Å²) in [5.74, 6) is -1.28. The average Bonchev–Trinajstić information content (AvgIpc) is 2.21. The minimum Gasteiger partial charge on any atom is -0.298 e. The van der Waals surface area contributed by atoms with Crippen molar-refractivity contribution in [3.8, 4) is 6.07 Å². The standard InChI is InChI=1S/C11H9BrFNO/c1-7(10(15)5-6-14)8-3-2-4-9(12)11(8)13/h2-4,7H,5H2,1H3. The van der Waals surface area contributed by atoms with Gasteiger partial charge in [0.15, 0.2) is 5.78 Å². The van der Waals surface area contributed by atoms with Crippen molar-refractivity contribution in [3.63, 3.8) is 0 Å². The van der Waals surface area contributed by atoms with Crippen LogP contribution < -0.4 is 0 Å². The number of carbonyl (C=O) groups excluding carboxylic acids is 1. The molecule has 0 N–H and O–H groups in total. The molecule has 1 aromatic carbocycles. The first-order valence-corrected chi connectivity index (χ1v) is 5.20. The lowest BCUT2D eigenvalue weighted by atomic mass is 9.95. The van der Waals surface area contributed by atoms with E-state index < -0.39 is 11.7 Å². The van der Waals surface area contributed by atoms with E-state index in [4.69, 9.17) is 5.26 Å². The molecule has 0 saturated heterocycles. The van der Waals surface area contributed by atoms with E-state index in [0.717, 1.165) is 0 Å². The van der Waals surface area contributed by atoms with Gasteiger partial charge in [-0.2, -0.15) is 5.26 Å². The van der Waals surface area contributed by atoms with Gasteiger partial charge >= 0.3 is 0 Å². The summed E-state index contributed by atoms with van der Waals surface area (Å²) in [4.78, 5) is 11.4. The normalized spacial score (nSPS) is 11.9. The van der Waals surface area contributed by atoms with Crippen LogP contribution in [0.1, 0.15) is 24.8 Å². The number of halogens is 2. The maximum absolute atomic E-state index is 13.6. The van der Waals surface area contributed by atoms with Gasteiger partial charge in [-0.1, -0.05) is 19.1 Å². The molecule has 0 radical (unpaired) electrons. The van der Waals surface area contributed by atoms with Gasteiger partial charge < -0.3 is 0 Å². The van der Waals surface area contributed by atoms with E-state index in [1.807, 2.05) is 0 Å². The Morgan fingerprint density at radius 1 is 1.67 bits per heavy atom. The second kappa shape index (κ2) is 5.04. The first-order valence-electron chi connectivity index (χ1n) is 4.41. The number of hydrogen-bond donors (Lipinski definition) is 0. The van der Waals surface area contributed by atoms with Crippen LogP contribution in [0.4, 0.5) is 4.39 Å². The predicted molar refractivity (Wildman–Crippen MR) is 57.8 cm³/mol. The van der Waals surface area contributed by atoms with Crippen molar-refractivity contribution in [1.82, 2.24) is 0 Å². The third-order valence-corrected chi connectivity index (χ3v) is 2.80. The van der Waals surface area contributed by atoms with Crippen LogP contribution in [-0.2, 0) is 4.79 Å². The van der Waals surface area contributed by atoms with Crippen LogP contribution in [0.15, 0.2) is 22.7 Å². The molecule has 15 heavy (non-hydrogen) atoms. The van der Waals surface area contributed by atoms with Gasteiger partial charge in [0.1, 0.15) is 5.82 Å². The molecule has 1 unspecified atom stereocenters. The molecule has 0 aromatic heterocycles. The van der Waals surface area contributed by atoms with E-state index in [1.165, 1.54) is 0 Å². The zero-order valence-corrected chi connectivity index (χ0v) is 9.71. The number of carbonyl (C=O) groups is 1. The van der Waals surface area contributed by atoms with Crippen LogP contribution in [0.3, 0.4) is 0 Å². The highest BCUT2D eigenvalue weighted by Gasteiger charge is 2.19. The van der Waals surface area contributed by atoms with Crippen molar-refractivity contribution in [3.05, 3.63) is 34.1 Å². The van der Waals surface area contributed by atoms with E-state index in [9.17, 15) is 9.18 Å². The number of nitriles is 1. The number of Topliss-reactive ketones (excluding diaryl/α,β-unsaturated/α-hetero) is 1. The molecule has 0 aliphatic heterocycles. The van der Waals surface area contributed by atoms with Crippen LogP contribution in [0.2, 0.25) is 0 Å². The maximum atomic E-state index is 13.6. The number of benzene rings is 1. The lowest BCUT2D eigenvalue weighted by Crippen LogP contribution is -2.10. The summed E-state index contributed by atoms with van der Waals surface area (Å²) >= 11 is 3.05. The summed E-state index contributed by atoms with van der Waals surface area (Å²) in [6, 6.07) is 6.56. The van der Waals surface area contributed by atoms with Crippen LogP contribution in [0.5, 0.6) is 0 Å². The first kappa shape index (κ1) is 11.9. The van der Waals surface area contributed by atoms with E-state index in [2.05, 4.69) is 15.9 Å². The van der Waals surface area contributed by atoms with Crippen molar-refractivity contribution >= 4 is 21.7 Å². The van der Waals surface area contributed by atoms with Crippen molar-refractivity contribution in [1.29, 1.82) is 5.26 Å². The van der Waals surface area contributed by atoms with Crippen molar-refractivity contribution in [2.45, 2.75) is 19.3 Å². The highest BCUT2D eigenvalue weighted by atomic mass is 79.9. The largest absolute Gasteiger partial charge is 0.298 e. The number of hydrogen-bond acceptors (Lipinski definition) is 2. The molecule has 0 saturated carbocycles. The molecule has 1 aromatic rings. The van der Waals surface area contributed by atoms with Gasteiger partial charge in [-0.15, -0.1) is 0 Å². The molecule has 4 heteroatoms. The number of ketones is 1. The molecular weight excluding hydrogens is 261 g/mol. The zero-order valence-electron chi connectivity index (χ0n) is 8.13. The summed E-state index contributed by atoms with van der Waals surface area (Å²) in [7, 11) is 0. The number of rotatable bonds is 3. The Kier molecular flexibility index (Phi) is 3.98. The maximum Gasteiger partial charge on any atom is 0.154 e. The molecule has 0 aliphatic rings. The number of nitrogens with zero attached hydrogens (tertiary/aromatic N) is 1. The Balaban J connectivity index is 3.02. The van der Waals surface area contributed by atoms with Crippen molar-refractivity contribution in [2.24, 2.45) is 0 Å². The van der Waals surface area contributed by atoms with Gasteiger partial charge in [0.05, 0.1) is 17.0 Å². The predicted octanol–water partition coefficient (Wildman–Crippen LogP) is 3.17. The molecule has 0 amide bonds. The lowest BCUT2D eigenvalue weighted by Gasteiger charge is -2.10. The summed E-state index contributed by atoms with van der Waals surface area (Å²) in [6.45, 7) is 1.60. The molecule has 0 spiro atoms. The Bertz CT molecular complexity index is 425. The van der Waals surface area contributed by atoms with Crippen LogP contribution in [0.25, 0.3) is 0 Å². The summed E-state index contributed by atoms with van der Waals surface area (Å²) in [6.07, 6.45) is -0.187. The third-order valence-electron chi connectivity index (χ3n) is 2.18. The first-order chi connectivity index (χ1) is 7.07. The molecule has 0 aliphatic carbocycles. The SMILES string of the molecule is CC(C(=O)CC#N)c1cccc(Br)c1F. The van der Waals surface area contributed by atoms with Gasteiger partial charge in [0, 0.05) is 5.92 Å². The monoisotopic (exact) mass is 269 g/mol. The Hall–Kier alpha value is -1.21. The topological polar surface area (TPSA) is 40.9 Å². The highest BCUT2D eigenvalue weighted by molar-refractivity contribution is 9.10. The average molecular weight is 270 g/mol. The molecule has 78 valence electrons. The van der Waals surface area contributed by atoms with E-state index in [1.54, 1.807) is 31.2 Å². The van der Waals surface area contributed by atoms with Crippen molar-refractivity contribution < 1.29 is 9.18 Å². The zero-order chi connectivity index (χ0) is 11.4. The summed E-state index contributed by atoms with van der Waals surface area (Å²) in [5.41, 5.74) is 0.324. The van der Waals surface area contributed by atoms with E-state index >= 15 is 0 Å². The fourth-order valence-electron chi connectivity index (χ4n) is 1.26. The fraction of sp³-hybridized carbons (Fsp3) is 0.273. The van der Waals surface area contributed by atoms with Gasteiger partial charge in [-0.25, -0.2) is 4.39 Å². The minimum atomic E-state index is -0.581. The van der Waals surface area contributed by atoms with E-state index in [-0.39, 0.29) is 12.2 Å². The molecular formula is C11H9BrFNO. The van der Waals surface area contributed by atoms with Gasteiger partial charge in [0.2, 0.25) is 0 Å². The minimum absolute atomic E-state index is 0.187. The van der Waals surface area contributed by atoms with Crippen LogP contribution >= 0.6 is 15.9 Å². The Morgan fingerprint density at radius 3 is 2.93 bits per heavy atom. The van der Waals surface area contributed by atoms with Gasteiger partial charge in [-0.05, 0) is 27.6 Å². The quantitative estimate of drug-likeness (QED) is 0.846. The molecule has 1 atom stereocenters. The van der Waals surface area contributed by atoms with Crippen molar-refractivity contribution in [2.75, 3.05) is 0 Å². The van der Waals surface area contributed by atoms with Crippen LogP contribution in [-0.4, -0.2) is 5.78 Å². The van der Waals surface area contributed by atoms with E-state index in [0.29, 0.717) is 10.0 Å². The highest BCUT2D eigenvalue weighted by Crippen LogP contribution is 2.25. The Labute approximate surface area is 95.8 Å². The molecule has 1 rings (SSSR count). The fourth-order valence-corrected chi connectivity index (χ4v) is 1.64. The van der Waals surface area contributed by atoms with Gasteiger partial charge in [0.25, 0.3) is 0 Å². The summed E-state index contributed by atoms with van der Waals surface area (Å²) < 4.78 is 13.9. The smallest absolute Gasteiger partial charge is 0.154 e. The Morgan fingerprint density at radius 2 is 2.33 bits per heavy atom. The second-order valence-electron chi connectivity index (χ2n) is 3.17. The van der Waals surface area contributed by atoms with Crippen LogP contribution in [0, 0.1) is 17.1 Å². The molecule has 0 heterocycles.